The molecule has 0 bridgehead atoms. The Kier molecular flexibility index (Phi) is 5.38. The van der Waals surface area contributed by atoms with Gasteiger partial charge in [-0.05, 0) is 37.3 Å². The second kappa shape index (κ2) is 8.11. The Balaban J connectivity index is 1.92. The van der Waals surface area contributed by atoms with Crippen LogP contribution >= 0.6 is 23.2 Å². The molecule has 29 heavy (non-hydrogen) atoms. The Morgan fingerprint density at radius 1 is 0.897 bits per heavy atom. The van der Waals surface area contributed by atoms with Gasteiger partial charge in [-0.15, -0.1) is 0 Å². The van der Waals surface area contributed by atoms with Gasteiger partial charge in [0.1, 0.15) is 0 Å². The molecule has 1 heterocycles. The summed E-state index contributed by atoms with van der Waals surface area (Å²) in [4.78, 5) is 17.9. The summed E-state index contributed by atoms with van der Waals surface area (Å²) < 4.78 is 1.53. The van der Waals surface area contributed by atoms with Crippen LogP contribution in [0.1, 0.15) is 12.5 Å². The number of aromatic amines is 1. The molecule has 1 aromatic heterocycles. The molecule has 6 heteroatoms. The van der Waals surface area contributed by atoms with Crippen molar-refractivity contribution in [1.29, 1.82) is 0 Å². The fourth-order valence-corrected chi connectivity index (χ4v) is 3.71. The Labute approximate surface area is 178 Å². The van der Waals surface area contributed by atoms with Crippen molar-refractivity contribution in [1.82, 2.24) is 9.78 Å². The molecule has 0 saturated heterocycles. The summed E-state index contributed by atoms with van der Waals surface area (Å²) in [6, 6.07) is 24.2. The smallest absolute Gasteiger partial charge is 0.280 e. The van der Waals surface area contributed by atoms with Crippen molar-refractivity contribution < 1.29 is 0 Å². The quantitative estimate of drug-likeness (QED) is 0.387. The summed E-state index contributed by atoms with van der Waals surface area (Å²) >= 11 is 12.2. The number of benzene rings is 3. The SMILES string of the molecule is CC(=Nc1cc(Cl)cc(Cl)c1)c1c(-c2ccccc2)[nH]n(-c2ccccc2)c1=O. The van der Waals surface area contributed by atoms with E-state index in [1.807, 2.05) is 60.7 Å². The summed E-state index contributed by atoms with van der Waals surface area (Å²) in [5.74, 6) is 0. The molecule has 144 valence electrons. The molecule has 0 unspecified atom stereocenters. The number of hydrogen-bond acceptors (Lipinski definition) is 2. The van der Waals surface area contributed by atoms with E-state index >= 15 is 0 Å². The van der Waals surface area contributed by atoms with Gasteiger partial charge in [-0.1, -0.05) is 71.7 Å². The maximum atomic E-state index is 13.3. The highest BCUT2D eigenvalue weighted by Gasteiger charge is 2.19. The zero-order valence-electron chi connectivity index (χ0n) is 15.6. The van der Waals surface area contributed by atoms with Gasteiger partial charge in [-0.2, -0.15) is 0 Å². The van der Waals surface area contributed by atoms with Crippen molar-refractivity contribution in [2.24, 2.45) is 4.99 Å². The topological polar surface area (TPSA) is 50.1 Å². The monoisotopic (exact) mass is 421 g/mol. The van der Waals surface area contributed by atoms with Crippen molar-refractivity contribution in [3.63, 3.8) is 0 Å². The first-order chi connectivity index (χ1) is 14.0. The number of aliphatic imine (C=N–C) groups is 1. The van der Waals surface area contributed by atoms with Crippen LogP contribution in [0, 0.1) is 0 Å². The molecule has 0 radical (unpaired) electrons. The van der Waals surface area contributed by atoms with Gasteiger partial charge >= 0.3 is 0 Å². The number of para-hydroxylation sites is 1. The van der Waals surface area contributed by atoms with Gasteiger partial charge in [0.05, 0.1) is 28.3 Å². The van der Waals surface area contributed by atoms with Crippen LogP contribution in [-0.4, -0.2) is 15.5 Å². The Morgan fingerprint density at radius 2 is 1.48 bits per heavy atom. The predicted molar refractivity (Wildman–Crippen MR) is 120 cm³/mol. The number of nitrogens with zero attached hydrogens (tertiary/aromatic N) is 2. The second-order valence-corrected chi connectivity index (χ2v) is 7.40. The standard InChI is InChI=1S/C23H17Cl2N3O/c1-15(26-19-13-17(24)12-18(25)14-19)21-22(16-8-4-2-5-9-16)27-28(23(21)29)20-10-6-3-7-11-20/h2-14,27H,1H3. The van der Waals surface area contributed by atoms with Crippen LogP contribution in [0.4, 0.5) is 5.69 Å². The van der Waals surface area contributed by atoms with Crippen LogP contribution in [0.3, 0.4) is 0 Å². The maximum absolute atomic E-state index is 13.3. The molecule has 0 spiro atoms. The minimum Gasteiger partial charge on any atom is -0.290 e. The van der Waals surface area contributed by atoms with Crippen LogP contribution in [0.15, 0.2) is 88.6 Å². The third-order valence-electron chi connectivity index (χ3n) is 4.47. The summed E-state index contributed by atoms with van der Waals surface area (Å²) in [6.45, 7) is 1.81. The minimum absolute atomic E-state index is 0.176. The minimum atomic E-state index is -0.176. The van der Waals surface area contributed by atoms with Gasteiger partial charge in [-0.25, -0.2) is 4.68 Å². The van der Waals surface area contributed by atoms with Crippen molar-refractivity contribution >= 4 is 34.6 Å². The maximum Gasteiger partial charge on any atom is 0.280 e. The van der Waals surface area contributed by atoms with Crippen molar-refractivity contribution in [2.75, 3.05) is 0 Å². The zero-order valence-corrected chi connectivity index (χ0v) is 17.1. The third-order valence-corrected chi connectivity index (χ3v) is 4.91. The summed E-state index contributed by atoms with van der Waals surface area (Å²) in [5, 5.41) is 4.22. The van der Waals surface area contributed by atoms with Crippen LogP contribution < -0.4 is 5.56 Å². The third kappa shape index (κ3) is 4.04. The highest BCUT2D eigenvalue weighted by molar-refractivity contribution is 6.35. The van der Waals surface area contributed by atoms with Gasteiger partial charge in [0, 0.05) is 15.6 Å². The van der Waals surface area contributed by atoms with Gasteiger partial charge in [0.2, 0.25) is 0 Å². The number of hydrogen-bond donors (Lipinski definition) is 1. The highest BCUT2D eigenvalue weighted by atomic mass is 35.5. The van der Waals surface area contributed by atoms with E-state index in [2.05, 4.69) is 10.1 Å². The van der Waals surface area contributed by atoms with E-state index in [9.17, 15) is 4.79 Å². The number of H-pyrrole nitrogens is 1. The largest absolute Gasteiger partial charge is 0.290 e. The molecule has 0 aliphatic rings. The first kappa shape index (κ1) is 19.2. The molecular weight excluding hydrogens is 405 g/mol. The number of halogens is 2. The summed E-state index contributed by atoms with van der Waals surface area (Å²) in [6.07, 6.45) is 0. The molecule has 4 nitrogen and oxygen atoms in total. The molecule has 0 fully saturated rings. The van der Waals surface area contributed by atoms with E-state index in [1.165, 1.54) is 4.68 Å². The summed E-state index contributed by atoms with van der Waals surface area (Å²) in [5.41, 5.74) is 3.82. The highest BCUT2D eigenvalue weighted by Crippen LogP contribution is 2.27. The lowest BCUT2D eigenvalue weighted by Crippen LogP contribution is -2.19. The van der Waals surface area contributed by atoms with Gasteiger partial charge in [0.25, 0.3) is 5.56 Å². The molecule has 0 amide bonds. The number of rotatable bonds is 4. The van der Waals surface area contributed by atoms with E-state index in [0.29, 0.717) is 32.7 Å². The molecular formula is C23H17Cl2N3O. The second-order valence-electron chi connectivity index (χ2n) is 6.53. The first-order valence-corrected chi connectivity index (χ1v) is 9.76. The fraction of sp³-hybridized carbons (Fsp3) is 0.0435. The molecule has 3 aromatic carbocycles. The molecule has 1 N–H and O–H groups in total. The Hall–Kier alpha value is -3.08. The fourth-order valence-electron chi connectivity index (χ4n) is 3.20. The van der Waals surface area contributed by atoms with E-state index in [-0.39, 0.29) is 5.56 Å². The average molecular weight is 422 g/mol. The van der Waals surface area contributed by atoms with E-state index < -0.39 is 0 Å². The molecule has 4 aromatic rings. The van der Waals surface area contributed by atoms with Crippen LogP contribution in [0.2, 0.25) is 10.0 Å². The molecule has 0 atom stereocenters. The molecule has 0 saturated carbocycles. The van der Waals surface area contributed by atoms with Gasteiger partial charge < -0.3 is 0 Å². The van der Waals surface area contributed by atoms with E-state index in [4.69, 9.17) is 23.2 Å². The lowest BCUT2D eigenvalue weighted by molar-refractivity contribution is 0.852. The Morgan fingerprint density at radius 3 is 2.10 bits per heavy atom. The number of aromatic nitrogens is 2. The predicted octanol–water partition coefficient (Wildman–Crippen LogP) is 6.28. The molecule has 4 rings (SSSR count). The van der Waals surface area contributed by atoms with Crippen LogP contribution in [-0.2, 0) is 0 Å². The summed E-state index contributed by atoms with van der Waals surface area (Å²) in [7, 11) is 0. The molecule has 0 aliphatic carbocycles. The van der Waals surface area contributed by atoms with Crippen LogP contribution in [0.5, 0.6) is 0 Å². The van der Waals surface area contributed by atoms with Crippen LogP contribution in [0.25, 0.3) is 16.9 Å². The van der Waals surface area contributed by atoms with Crippen molar-refractivity contribution in [3.8, 4) is 16.9 Å². The molecule has 0 aliphatic heterocycles. The van der Waals surface area contributed by atoms with Gasteiger partial charge in [0.15, 0.2) is 0 Å². The average Bonchev–Trinajstić information content (AvgIpc) is 3.06. The van der Waals surface area contributed by atoms with Crippen molar-refractivity contribution in [2.45, 2.75) is 6.92 Å². The van der Waals surface area contributed by atoms with E-state index in [1.54, 1.807) is 25.1 Å². The first-order valence-electron chi connectivity index (χ1n) is 9.00. The number of nitrogens with one attached hydrogen (secondary N) is 1. The normalized spacial score (nSPS) is 11.6. The van der Waals surface area contributed by atoms with Gasteiger partial charge in [-0.3, -0.25) is 14.9 Å². The lowest BCUT2D eigenvalue weighted by Gasteiger charge is -2.04. The van der Waals surface area contributed by atoms with Crippen molar-refractivity contribution in [3.05, 3.63) is 105 Å². The zero-order chi connectivity index (χ0) is 20.4. The van der Waals surface area contributed by atoms with E-state index in [0.717, 1.165) is 11.3 Å². The Bertz CT molecular complexity index is 1220. The lowest BCUT2D eigenvalue weighted by atomic mass is 10.1.